The van der Waals surface area contributed by atoms with Crippen molar-refractivity contribution in [2.45, 2.75) is 20.0 Å². The average molecular weight is 196 g/mol. The number of allylic oxidation sites excluding steroid dienone is 4. The summed E-state index contributed by atoms with van der Waals surface area (Å²) in [6, 6.07) is 0. The largest absolute Gasteiger partial charge is 0.481 e. The molecule has 1 aliphatic rings. The van der Waals surface area contributed by atoms with Gasteiger partial charge < -0.3 is 10.2 Å². The fraction of sp³-hybridized carbons (Fsp3) is 0.545. The number of carboxylic acid groups (broad SMARTS) is 1. The first-order chi connectivity index (χ1) is 6.54. The van der Waals surface area contributed by atoms with E-state index in [1.54, 1.807) is 0 Å². The summed E-state index contributed by atoms with van der Waals surface area (Å²) < 4.78 is 0. The van der Waals surface area contributed by atoms with Crippen molar-refractivity contribution in [1.82, 2.24) is 0 Å². The highest BCUT2D eigenvalue weighted by atomic mass is 16.4. The van der Waals surface area contributed by atoms with E-state index in [-0.39, 0.29) is 11.8 Å². The van der Waals surface area contributed by atoms with Crippen molar-refractivity contribution in [2.24, 2.45) is 17.8 Å². The molecule has 14 heavy (non-hydrogen) atoms. The Morgan fingerprint density at radius 2 is 1.93 bits per heavy atom. The third kappa shape index (κ3) is 2.23. The quantitative estimate of drug-likeness (QED) is 0.718. The lowest BCUT2D eigenvalue weighted by atomic mass is 9.77. The molecule has 3 nitrogen and oxygen atoms in total. The molecule has 0 aromatic rings. The van der Waals surface area contributed by atoms with E-state index >= 15 is 0 Å². The maximum atomic E-state index is 11.0. The van der Waals surface area contributed by atoms with Crippen molar-refractivity contribution < 1.29 is 15.0 Å². The molecule has 0 heterocycles. The summed E-state index contributed by atoms with van der Waals surface area (Å²) >= 11 is 0. The lowest BCUT2D eigenvalue weighted by Crippen LogP contribution is -2.35. The second kappa shape index (κ2) is 4.42. The first-order valence-electron chi connectivity index (χ1n) is 4.80. The SMILES string of the molecule is CC1C=CC=CC1[C@H](C(=O)O)[C@@H](C)O. The van der Waals surface area contributed by atoms with Gasteiger partial charge in [-0.05, 0) is 18.8 Å². The molecule has 0 spiro atoms. The lowest BCUT2D eigenvalue weighted by molar-refractivity contribution is -0.147. The Kier molecular flexibility index (Phi) is 3.47. The van der Waals surface area contributed by atoms with Gasteiger partial charge in [0.2, 0.25) is 0 Å². The van der Waals surface area contributed by atoms with E-state index in [2.05, 4.69) is 0 Å². The normalized spacial score (nSPS) is 29.9. The highest BCUT2D eigenvalue weighted by Crippen LogP contribution is 2.29. The van der Waals surface area contributed by atoms with Gasteiger partial charge >= 0.3 is 5.97 Å². The van der Waals surface area contributed by atoms with Crippen LogP contribution in [0, 0.1) is 17.8 Å². The van der Waals surface area contributed by atoms with Crippen LogP contribution in [-0.4, -0.2) is 22.3 Å². The summed E-state index contributed by atoms with van der Waals surface area (Å²) in [6.07, 6.45) is 6.74. The van der Waals surface area contributed by atoms with Crippen molar-refractivity contribution in [1.29, 1.82) is 0 Å². The van der Waals surface area contributed by atoms with Crippen LogP contribution in [0.15, 0.2) is 24.3 Å². The van der Waals surface area contributed by atoms with Crippen LogP contribution in [-0.2, 0) is 4.79 Å². The molecule has 0 aliphatic heterocycles. The highest BCUT2D eigenvalue weighted by molar-refractivity contribution is 5.71. The molecule has 0 fully saturated rings. The molecule has 0 amide bonds. The van der Waals surface area contributed by atoms with E-state index < -0.39 is 18.0 Å². The number of rotatable bonds is 3. The number of hydrogen-bond donors (Lipinski definition) is 2. The number of carbonyl (C=O) groups is 1. The molecule has 2 unspecified atom stereocenters. The number of hydrogen-bond acceptors (Lipinski definition) is 2. The van der Waals surface area contributed by atoms with Crippen LogP contribution in [0.1, 0.15) is 13.8 Å². The standard InChI is InChI=1S/C11H16O3/c1-7-5-3-4-6-9(7)10(8(2)12)11(13)14/h3-10,12H,1-2H3,(H,13,14)/t7?,8-,9?,10-/m1/s1. The highest BCUT2D eigenvalue weighted by Gasteiger charge is 2.33. The van der Waals surface area contributed by atoms with Gasteiger partial charge in [-0.25, -0.2) is 0 Å². The van der Waals surface area contributed by atoms with Crippen LogP contribution in [0.2, 0.25) is 0 Å². The molecule has 0 bridgehead atoms. The average Bonchev–Trinajstić information content (AvgIpc) is 2.07. The van der Waals surface area contributed by atoms with Crippen molar-refractivity contribution in [3.05, 3.63) is 24.3 Å². The first kappa shape index (κ1) is 11.0. The van der Waals surface area contributed by atoms with Crippen LogP contribution >= 0.6 is 0 Å². The molecule has 0 aromatic carbocycles. The third-order valence-corrected chi connectivity index (χ3v) is 2.69. The minimum Gasteiger partial charge on any atom is -0.481 e. The Balaban J connectivity index is 2.83. The monoisotopic (exact) mass is 196 g/mol. The first-order valence-corrected chi connectivity index (χ1v) is 4.80. The molecule has 78 valence electrons. The predicted molar refractivity (Wildman–Crippen MR) is 53.7 cm³/mol. The Morgan fingerprint density at radius 1 is 1.36 bits per heavy atom. The molecule has 1 rings (SSSR count). The molecular weight excluding hydrogens is 180 g/mol. The van der Waals surface area contributed by atoms with Crippen LogP contribution in [0.5, 0.6) is 0 Å². The Morgan fingerprint density at radius 3 is 2.36 bits per heavy atom. The number of aliphatic hydroxyl groups excluding tert-OH is 1. The van der Waals surface area contributed by atoms with E-state index in [0.29, 0.717) is 0 Å². The molecule has 4 atom stereocenters. The smallest absolute Gasteiger partial charge is 0.309 e. The van der Waals surface area contributed by atoms with Gasteiger partial charge in [0.15, 0.2) is 0 Å². The minimum atomic E-state index is -0.934. The zero-order valence-electron chi connectivity index (χ0n) is 8.42. The molecule has 0 saturated heterocycles. The van der Waals surface area contributed by atoms with Crippen molar-refractivity contribution >= 4 is 5.97 Å². The van der Waals surface area contributed by atoms with Gasteiger partial charge in [-0.3, -0.25) is 4.79 Å². The van der Waals surface area contributed by atoms with Gasteiger partial charge in [-0.15, -0.1) is 0 Å². The summed E-state index contributed by atoms with van der Waals surface area (Å²) in [5.41, 5.74) is 0. The van der Waals surface area contributed by atoms with Crippen molar-refractivity contribution in [3.63, 3.8) is 0 Å². The van der Waals surface area contributed by atoms with Crippen molar-refractivity contribution in [3.8, 4) is 0 Å². The summed E-state index contributed by atoms with van der Waals surface area (Å²) in [5.74, 6) is -1.60. The topological polar surface area (TPSA) is 57.5 Å². The predicted octanol–water partition coefficient (Wildman–Crippen LogP) is 1.45. The molecule has 0 radical (unpaired) electrons. The van der Waals surface area contributed by atoms with Crippen LogP contribution in [0.3, 0.4) is 0 Å². The summed E-state index contributed by atoms with van der Waals surface area (Å²) in [6.45, 7) is 3.49. The van der Waals surface area contributed by atoms with E-state index in [0.717, 1.165) is 0 Å². The second-order valence-electron chi connectivity index (χ2n) is 3.81. The third-order valence-electron chi connectivity index (χ3n) is 2.69. The Labute approximate surface area is 83.8 Å². The molecule has 1 aliphatic carbocycles. The molecule has 2 N–H and O–H groups in total. The van der Waals surface area contributed by atoms with Crippen LogP contribution in [0.25, 0.3) is 0 Å². The number of aliphatic carboxylic acids is 1. The zero-order chi connectivity index (χ0) is 10.7. The Bertz CT molecular complexity index is 266. The number of aliphatic hydroxyl groups is 1. The molecule has 0 aromatic heterocycles. The van der Waals surface area contributed by atoms with Crippen LogP contribution < -0.4 is 0 Å². The Hall–Kier alpha value is -1.09. The summed E-state index contributed by atoms with van der Waals surface area (Å²) in [4.78, 5) is 11.0. The van der Waals surface area contributed by atoms with Gasteiger partial charge in [-0.1, -0.05) is 31.2 Å². The fourth-order valence-electron chi connectivity index (χ4n) is 1.87. The molecule has 3 heteroatoms. The molecular formula is C11H16O3. The summed E-state index contributed by atoms with van der Waals surface area (Å²) in [7, 11) is 0. The van der Waals surface area contributed by atoms with Gasteiger partial charge in [-0.2, -0.15) is 0 Å². The van der Waals surface area contributed by atoms with E-state index in [4.69, 9.17) is 5.11 Å². The maximum absolute atomic E-state index is 11.0. The summed E-state index contributed by atoms with van der Waals surface area (Å²) in [5, 5.41) is 18.4. The molecule has 0 saturated carbocycles. The van der Waals surface area contributed by atoms with Crippen LogP contribution in [0.4, 0.5) is 0 Å². The second-order valence-corrected chi connectivity index (χ2v) is 3.81. The van der Waals surface area contributed by atoms with E-state index in [9.17, 15) is 9.90 Å². The van der Waals surface area contributed by atoms with Gasteiger partial charge in [0, 0.05) is 0 Å². The number of carboxylic acids is 1. The fourth-order valence-corrected chi connectivity index (χ4v) is 1.87. The lowest BCUT2D eigenvalue weighted by Gasteiger charge is -2.28. The van der Waals surface area contributed by atoms with Gasteiger partial charge in [0.05, 0.1) is 12.0 Å². The minimum absolute atomic E-state index is 0.113. The maximum Gasteiger partial charge on any atom is 0.309 e. The van der Waals surface area contributed by atoms with Crippen molar-refractivity contribution in [2.75, 3.05) is 0 Å². The van der Waals surface area contributed by atoms with E-state index in [1.807, 2.05) is 31.2 Å². The van der Waals surface area contributed by atoms with Gasteiger partial charge in [0.25, 0.3) is 0 Å². The zero-order valence-corrected chi connectivity index (χ0v) is 8.42. The van der Waals surface area contributed by atoms with E-state index in [1.165, 1.54) is 6.92 Å². The van der Waals surface area contributed by atoms with Gasteiger partial charge in [0.1, 0.15) is 0 Å².